The van der Waals surface area contributed by atoms with E-state index in [4.69, 9.17) is 18.6 Å². The Hall–Kier alpha value is -1.72. The van der Waals surface area contributed by atoms with Crippen molar-refractivity contribution in [2.75, 3.05) is 21.3 Å². The minimum absolute atomic E-state index is 0.0235. The number of rotatable bonds is 8. The van der Waals surface area contributed by atoms with Gasteiger partial charge in [-0.3, -0.25) is 0 Å². The van der Waals surface area contributed by atoms with Gasteiger partial charge in [0.15, 0.2) is 19.8 Å². The van der Waals surface area contributed by atoms with Crippen LogP contribution in [0.4, 0.5) is 0 Å². The van der Waals surface area contributed by atoms with E-state index in [1.807, 2.05) is 0 Å². The van der Waals surface area contributed by atoms with E-state index in [9.17, 15) is 0 Å². The first-order valence-corrected chi connectivity index (χ1v) is 15.3. The lowest BCUT2D eigenvalue weighted by atomic mass is 9.56. The van der Waals surface area contributed by atoms with Crippen molar-refractivity contribution < 1.29 is 18.6 Å². The van der Waals surface area contributed by atoms with Gasteiger partial charge < -0.3 is 18.6 Å². The molecular formula is C29H48O4Si. The third-order valence-electron chi connectivity index (χ3n) is 8.28. The molecule has 4 nitrogen and oxygen atoms in total. The highest BCUT2D eigenvalue weighted by Crippen LogP contribution is 2.58. The van der Waals surface area contributed by atoms with Gasteiger partial charge in [0.25, 0.3) is 0 Å². The van der Waals surface area contributed by atoms with Crippen LogP contribution < -0.4 is 9.47 Å². The van der Waals surface area contributed by atoms with Crippen LogP contribution in [0.25, 0.3) is 5.57 Å². The molecular weight excluding hydrogens is 440 g/mol. The minimum Gasteiger partial charge on any atom is -0.505 e. The second-order valence-corrected chi connectivity index (χ2v) is 17.0. The molecule has 0 amide bonds. The lowest BCUT2D eigenvalue weighted by molar-refractivity contribution is 0.0927. The summed E-state index contributed by atoms with van der Waals surface area (Å²) in [5, 5.41) is 0.141. The maximum atomic E-state index is 6.96. The summed E-state index contributed by atoms with van der Waals surface area (Å²) >= 11 is 0. The summed E-state index contributed by atoms with van der Waals surface area (Å²) in [4.78, 5) is 0. The van der Waals surface area contributed by atoms with Crippen LogP contribution in [0.1, 0.15) is 78.9 Å². The van der Waals surface area contributed by atoms with E-state index in [1.165, 1.54) is 5.57 Å². The quantitative estimate of drug-likeness (QED) is 0.273. The molecule has 0 unspecified atom stereocenters. The number of allylic oxidation sites excluding steroid dienone is 2. The maximum Gasteiger partial charge on any atom is 0.192 e. The Morgan fingerprint density at radius 2 is 1.59 bits per heavy atom. The van der Waals surface area contributed by atoms with Crippen molar-refractivity contribution in [2.24, 2.45) is 10.8 Å². The van der Waals surface area contributed by atoms with E-state index in [-0.39, 0.29) is 22.0 Å². The molecule has 0 saturated carbocycles. The van der Waals surface area contributed by atoms with E-state index >= 15 is 0 Å². The molecule has 0 radical (unpaired) electrons. The number of ether oxygens (including phenoxy) is 3. The smallest absolute Gasteiger partial charge is 0.192 e. The monoisotopic (exact) mass is 488 g/mol. The lowest BCUT2D eigenvalue weighted by Gasteiger charge is -2.51. The molecule has 0 saturated heterocycles. The molecule has 0 heterocycles. The molecule has 2 atom stereocenters. The number of benzene rings is 1. The standard InChI is InChI=1S/C29H48O4Si/c1-20(2)22-14-15-23(26(32-11)25(22)31-10)24-18-21(33-34(12,13)27(3,4)5)19-28(6,7)29(24,8)16-17-30-9/h14-18,20-21H,19H2,1-13H3/b17-16+/t21-,29-/m0/s1. The maximum absolute atomic E-state index is 6.96. The van der Waals surface area contributed by atoms with Crippen molar-refractivity contribution in [1.82, 2.24) is 0 Å². The molecule has 1 aliphatic carbocycles. The Morgan fingerprint density at radius 1 is 1.00 bits per heavy atom. The Balaban J connectivity index is 2.82. The highest BCUT2D eigenvalue weighted by atomic mass is 28.4. The van der Waals surface area contributed by atoms with E-state index < -0.39 is 8.32 Å². The highest BCUT2D eigenvalue weighted by molar-refractivity contribution is 6.74. The molecule has 5 heteroatoms. The van der Waals surface area contributed by atoms with Crippen LogP contribution >= 0.6 is 0 Å². The molecule has 0 aliphatic heterocycles. The molecule has 34 heavy (non-hydrogen) atoms. The Labute approximate surface area is 209 Å². The van der Waals surface area contributed by atoms with Crippen molar-refractivity contribution >= 4 is 13.9 Å². The summed E-state index contributed by atoms with van der Waals surface area (Å²) < 4.78 is 24.3. The van der Waals surface area contributed by atoms with Crippen molar-refractivity contribution in [3.8, 4) is 11.5 Å². The zero-order chi connectivity index (χ0) is 26.1. The van der Waals surface area contributed by atoms with Gasteiger partial charge in [0.2, 0.25) is 0 Å². The SMILES string of the molecule is CO/C=C/[C@@]1(C)C(c2ccc(C(C)C)c(OC)c2OC)=C[C@H](O[Si](C)(C)C(C)(C)C)CC1(C)C. The fourth-order valence-electron chi connectivity index (χ4n) is 4.68. The van der Waals surface area contributed by atoms with Gasteiger partial charge in [-0.2, -0.15) is 0 Å². The third-order valence-corrected chi connectivity index (χ3v) is 12.8. The second kappa shape index (κ2) is 10.1. The molecule has 0 N–H and O–H groups in total. The number of hydrogen-bond acceptors (Lipinski definition) is 4. The van der Waals surface area contributed by atoms with E-state index in [0.29, 0.717) is 5.92 Å². The molecule has 1 aromatic rings. The van der Waals surface area contributed by atoms with Gasteiger partial charge in [0.1, 0.15) is 0 Å². The molecule has 192 valence electrons. The zero-order valence-electron chi connectivity index (χ0n) is 23.9. The summed E-state index contributed by atoms with van der Waals surface area (Å²) in [6.45, 7) is 22.8. The van der Waals surface area contributed by atoms with Crippen LogP contribution in [0.2, 0.25) is 18.1 Å². The van der Waals surface area contributed by atoms with E-state index in [1.54, 1.807) is 27.6 Å². The third kappa shape index (κ3) is 5.25. The summed E-state index contributed by atoms with van der Waals surface area (Å²) in [7, 11) is 3.18. The molecule has 0 bridgehead atoms. The van der Waals surface area contributed by atoms with Crippen molar-refractivity contribution in [3.63, 3.8) is 0 Å². The molecule has 1 aromatic carbocycles. The summed E-state index contributed by atoms with van der Waals surface area (Å²) in [5.74, 6) is 1.91. The Bertz CT molecular complexity index is 921. The van der Waals surface area contributed by atoms with Gasteiger partial charge in [0.05, 0.1) is 33.7 Å². The number of methoxy groups -OCH3 is 3. The van der Waals surface area contributed by atoms with Gasteiger partial charge in [0, 0.05) is 16.5 Å². The summed E-state index contributed by atoms with van der Waals surface area (Å²) in [6.07, 6.45) is 7.27. The fourth-order valence-corrected chi connectivity index (χ4v) is 5.94. The Morgan fingerprint density at radius 3 is 2.06 bits per heavy atom. The second-order valence-electron chi connectivity index (χ2n) is 12.2. The van der Waals surface area contributed by atoms with Crippen LogP contribution in [-0.4, -0.2) is 35.8 Å². The lowest BCUT2D eigenvalue weighted by Crippen LogP contribution is -2.48. The van der Waals surface area contributed by atoms with Gasteiger partial charge in [-0.05, 0) is 47.5 Å². The van der Waals surface area contributed by atoms with Crippen LogP contribution in [0, 0.1) is 10.8 Å². The topological polar surface area (TPSA) is 36.9 Å². The first-order chi connectivity index (χ1) is 15.6. The number of hydrogen-bond donors (Lipinski definition) is 0. The van der Waals surface area contributed by atoms with Crippen molar-refractivity contribution in [3.05, 3.63) is 41.7 Å². The van der Waals surface area contributed by atoms with Gasteiger partial charge in [-0.15, -0.1) is 0 Å². The minimum atomic E-state index is -1.96. The normalized spacial score (nSPS) is 23.2. The average Bonchev–Trinajstić information content (AvgIpc) is 2.72. The van der Waals surface area contributed by atoms with E-state index in [0.717, 1.165) is 29.0 Å². The zero-order valence-corrected chi connectivity index (χ0v) is 24.9. The first-order valence-electron chi connectivity index (χ1n) is 12.4. The van der Waals surface area contributed by atoms with Gasteiger partial charge in [-0.25, -0.2) is 0 Å². The predicted molar refractivity (Wildman–Crippen MR) is 146 cm³/mol. The van der Waals surface area contributed by atoms with Crippen LogP contribution in [0.3, 0.4) is 0 Å². The summed E-state index contributed by atoms with van der Waals surface area (Å²) in [5.41, 5.74) is 2.99. The Kier molecular flexibility index (Phi) is 8.47. The molecule has 0 aromatic heterocycles. The average molecular weight is 489 g/mol. The van der Waals surface area contributed by atoms with Gasteiger partial charge in [-0.1, -0.05) is 73.6 Å². The van der Waals surface area contributed by atoms with Crippen LogP contribution in [0.15, 0.2) is 30.5 Å². The van der Waals surface area contributed by atoms with E-state index in [2.05, 4.69) is 92.8 Å². The van der Waals surface area contributed by atoms with Crippen LogP contribution in [-0.2, 0) is 9.16 Å². The molecule has 0 spiro atoms. The van der Waals surface area contributed by atoms with Crippen molar-refractivity contribution in [2.45, 2.75) is 92.0 Å². The van der Waals surface area contributed by atoms with Crippen molar-refractivity contribution in [1.29, 1.82) is 0 Å². The molecule has 2 rings (SSSR count). The molecule has 0 fully saturated rings. The first kappa shape index (κ1) is 28.5. The fraction of sp³-hybridized carbons (Fsp3) is 0.655. The summed E-state index contributed by atoms with van der Waals surface area (Å²) in [6, 6.07) is 4.36. The van der Waals surface area contributed by atoms with Crippen LogP contribution in [0.5, 0.6) is 11.5 Å². The van der Waals surface area contributed by atoms with Gasteiger partial charge >= 0.3 is 0 Å². The largest absolute Gasteiger partial charge is 0.505 e. The molecule has 1 aliphatic rings. The predicted octanol–water partition coefficient (Wildman–Crippen LogP) is 8.20. The highest BCUT2D eigenvalue weighted by Gasteiger charge is 2.49.